The molecule has 126 valence electrons. The van der Waals surface area contributed by atoms with Gasteiger partial charge in [-0.05, 0) is 13.1 Å². The largest absolute Gasteiger partial charge is 0.491 e. The average Bonchev–Trinajstić information content (AvgIpc) is 2.46. The van der Waals surface area contributed by atoms with E-state index in [-0.39, 0.29) is 17.9 Å². The van der Waals surface area contributed by atoms with Crippen LogP contribution in [-0.2, 0) is 9.53 Å². The SMILES string of the molecule is CNCCNc1cc([N+](=O)[O-])ccc1C(=O)OC(=O)C(F)(F)F. The molecule has 0 aliphatic carbocycles. The molecule has 0 saturated carbocycles. The highest BCUT2D eigenvalue weighted by atomic mass is 19.4. The quantitative estimate of drug-likeness (QED) is 0.266. The number of nitro groups is 1. The van der Waals surface area contributed by atoms with Gasteiger partial charge in [0.2, 0.25) is 0 Å². The molecule has 2 N–H and O–H groups in total. The number of alkyl halides is 3. The number of nitrogens with one attached hydrogen (secondary N) is 2. The number of likely N-dealkylation sites (N-methyl/N-ethyl adjacent to an activating group) is 1. The number of rotatable bonds is 6. The third kappa shape index (κ3) is 5.21. The Balaban J connectivity index is 3.05. The minimum atomic E-state index is -5.32. The molecule has 0 aromatic heterocycles. The third-order valence-corrected chi connectivity index (χ3v) is 2.54. The average molecular weight is 335 g/mol. The summed E-state index contributed by atoms with van der Waals surface area (Å²) in [6, 6.07) is 2.79. The smallest absolute Gasteiger partial charge is 0.383 e. The van der Waals surface area contributed by atoms with E-state index in [9.17, 15) is 32.9 Å². The molecule has 11 heteroatoms. The van der Waals surface area contributed by atoms with E-state index in [1.54, 1.807) is 7.05 Å². The number of carbonyl (C=O) groups excluding carboxylic acids is 2. The van der Waals surface area contributed by atoms with Crippen LogP contribution in [0.2, 0.25) is 0 Å². The topological polar surface area (TPSA) is 111 Å². The Morgan fingerprint density at radius 3 is 2.48 bits per heavy atom. The molecule has 0 bridgehead atoms. The van der Waals surface area contributed by atoms with E-state index < -0.39 is 28.6 Å². The molecule has 1 aromatic carbocycles. The molecule has 1 rings (SSSR count). The number of non-ortho nitro benzene ring substituents is 1. The van der Waals surface area contributed by atoms with Crippen molar-refractivity contribution >= 4 is 23.3 Å². The Hall–Kier alpha value is -2.69. The molecule has 0 atom stereocenters. The Morgan fingerprint density at radius 1 is 1.30 bits per heavy atom. The van der Waals surface area contributed by atoms with Crippen LogP contribution in [-0.4, -0.2) is 43.2 Å². The second kappa shape index (κ2) is 7.54. The van der Waals surface area contributed by atoms with Crippen LogP contribution in [0.25, 0.3) is 0 Å². The van der Waals surface area contributed by atoms with Gasteiger partial charge in [0.15, 0.2) is 0 Å². The molecule has 1 aromatic rings. The van der Waals surface area contributed by atoms with E-state index in [0.29, 0.717) is 6.54 Å². The summed E-state index contributed by atoms with van der Waals surface area (Å²) in [5, 5.41) is 16.1. The molecule has 0 fully saturated rings. The summed E-state index contributed by atoms with van der Waals surface area (Å²) in [6.45, 7) is 0.643. The van der Waals surface area contributed by atoms with E-state index in [1.165, 1.54) is 0 Å². The summed E-state index contributed by atoms with van der Waals surface area (Å²) in [5.41, 5.74) is -0.922. The molecule has 8 nitrogen and oxygen atoms in total. The molecule has 0 aliphatic rings. The molecule has 0 saturated heterocycles. The highest BCUT2D eigenvalue weighted by Crippen LogP contribution is 2.24. The van der Waals surface area contributed by atoms with Gasteiger partial charge >= 0.3 is 18.1 Å². The number of halogens is 3. The van der Waals surface area contributed by atoms with Gasteiger partial charge in [0.05, 0.1) is 16.2 Å². The summed E-state index contributed by atoms with van der Waals surface area (Å²) >= 11 is 0. The highest BCUT2D eigenvalue weighted by Gasteiger charge is 2.42. The highest BCUT2D eigenvalue weighted by molar-refractivity contribution is 6.02. The van der Waals surface area contributed by atoms with Crippen molar-refractivity contribution in [1.82, 2.24) is 5.32 Å². The molecule has 0 unspecified atom stereocenters. The number of anilines is 1. The lowest BCUT2D eigenvalue weighted by atomic mass is 10.1. The van der Waals surface area contributed by atoms with Crippen LogP contribution in [0.4, 0.5) is 24.5 Å². The van der Waals surface area contributed by atoms with Crippen molar-refractivity contribution < 1.29 is 32.4 Å². The maximum atomic E-state index is 12.1. The Bertz CT molecular complexity index is 618. The van der Waals surface area contributed by atoms with E-state index in [4.69, 9.17) is 0 Å². The first kappa shape index (κ1) is 18.4. The molecular formula is C12H12F3N3O5. The standard InChI is InChI=1S/C12H12F3N3O5/c1-16-4-5-17-9-6-7(18(21)22)2-3-8(9)10(19)23-11(20)12(13,14)15/h2-3,6,16-17H,4-5H2,1H3. The molecule has 0 spiro atoms. The summed E-state index contributed by atoms with van der Waals surface area (Å²) in [6.07, 6.45) is -5.32. The lowest BCUT2D eigenvalue weighted by Crippen LogP contribution is -2.28. The first-order valence-electron chi connectivity index (χ1n) is 6.17. The third-order valence-electron chi connectivity index (χ3n) is 2.54. The fraction of sp³-hybridized carbons (Fsp3) is 0.333. The fourth-order valence-corrected chi connectivity index (χ4v) is 1.49. The zero-order valence-corrected chi connectivity index (χ0v) is 11.8. The van der Waals surface area contributed by atoms with Gasteiger partial charge in [-0.1, -0.05) is 0 Å². The summed E-state index contributed by atoms with van der Waals surface area (Å²) in [7, 11) is 1.63. The Kier molecular flexibility index (Phi) is 6.02. The maximum absolute atomic E-state index is 12.1. The van der Waals surface area contributed by atoms with Crippen LogP contribution < -0.4 is 10.6 Å². The second-order valence-electron chi connectivity index (χ2n) is 4.19. The number of hydrogen-bond acceptors (Lipinski definition) is 7. The van der Waals surface area contributed by atoms with Gasteiger partial charge in [-0.3, -0.25) is 10.1 Å². The minimum Gasteiger partial charge on any atom is -0.383 e. The van der Waals surface area contributed by atoms with Crippen molar-refractivity contribution in [1.29, 1.82) is 0 Å². The number of nitro benzene ring substituents is 1. The van der Waals surface area contributed by atoms with Gasteiger partial charge in [-0.2, -0.15) is 13.2 Å². The van der Waals surface area contributed by atoms with Gasteiger partial charge < -0.3 is 15.4 Å². The Morgan fingerprint density at radius 2 is 1.96 bits per heavy atom. The van der Waals surface area contributed by atoms with Gasteiger partial charge in [0.25, 0.3) is 5.69 Å². The minimum absolute atomic E-state index is 0.116. The number of carbonyl (C=O) groups is 2. The van der Waals surface area contributed by atoms with Gasteiger partial charge in [0, 0.05) is 25.2 Å². The molecule has 0 amide bonds. The first-order valence-corrected chi connectivity index (χ1v) is 6.17. The Labute approximate surface area is 127 Å². The zero-order chi connectivity index (χ0) is 17.6. The van der Waals surface area contributed by atoms with Crippen LogP contribution in [0.3, 0.4) is 0 Å². The van der Waals surface area contributed by atoms with Crippen molar-refractivity contribution in [2.75, 3.05) is 25.5 Å². The van der Waals surface area contributed by atoms with Crippen LogP contribution >= 0.6 is 0 Å². The van der Waals surface area contributed by atoms with Crippen molar-refractivity contribution in [3.05, 3.63) is 33.9 Å². The molecule has 0 heterocycles. The van der Waals surface area contributed by atoms with E-state index in [2.05, 4.69) is 15.4 Å². The van der Waals surface area contributed by atoms with Crippen molar-refractivity contribution in [2.24, 2.45) is 0 Å². The number of esters is 2. The fourth-order valence-electron chi connectivity index (χ4n) is 1.49. The zero-order valence-electron chi connectivity index (χ0n) is 11.8. The monoisotopic (exact) mass is 335 g/mol. The van der Waals surface area contributed by atoms with Gasteiger partial charge in [0.1, 0.15) is 0 Å². The summed E-state index contributed by atoms with van der Waals surface area (Å²) in [5.74, 6) is -4.23. The molecule has 0 aliphatic heterocycles. The number of hydrogen-bond donors (Lipinski definition) is 2. The summed E-state index contributed by atoms with van der Waals surface area (Å²) in [4.78, 5) is 32.3. The van der Waals surface area contributed by atoms with Crippen molar-refractivity contribution in [3.8, 4) is 0 Å². The van der Waals surface area contributed by atoms with Gasteiger partial charge in [-0.25, -0.2) is 9.59 Å². The van der Waals surface area contributed by atoms with E-state index in [0.717, 1.165) is 18.2 Å². The normalized spacial score (nSPS) is 11.0. The van der Waals surface area contributed by atoms with Crippen LogP contribution in [0.5, 0.6) is 0 Å². The maximum Gasteiger partial charge on any atom is 0.491 e. The van der Waals surface area contributed by atoms with Crippen molar-refractivity contribution in [2.45, 2.75) is 6.18 Å². The molecule has 0 radical (unpaired) electrons. The number of benzene rings is 1. The van der Waals surface area contributed by atoms with Crippen LogP contribution in [0.15, 0.2) is 18.2 Å². The van der Waals surface area contributed by atoms with Crippen molar-refractivity contribution in [3.63, 3.8) is 0 Å². The van der Waals surface area contributed by atoms with Crippen LogP contribution in [0, 0.1) is 10.1 Å². The van der Waals surface area contributed by atoms with E-state index in [1.807, 2.05) is 0 Å². The molecule has 23 heavy (non-hydrogen) atoms. The predicted molar refractivity (Wildman–Crippen MR) is 72.0 cm³/mol. The molecular weight excluding hydrogens is 323 g/mol. The number of nitrogens with zero attached hydrogens (tertiary/aromatic N) is 1. The van der Waals surface area contributed by atoms with Crippen LogP contribution in [0.1, 0.15) is 10.4 Å². The number of ether oxygens (including phenoxy) is 1. The first-order chi connectivity index (χ1) is 10.7. The van der Waals surface area contributed by atoms with E-state index >= 15 is 0 Å². The lowest BCUT2D eigenvalue weighted by molar-refractivity contribution is -0.384. The lowest BCUT2D eigenvalue weighted by Gasteiger charge is -2.11. The predicted octanol–water partition coefficient (Wildman–Crippen LogP) is 1.47. The van der Waals surface area contributed by atoms with Gasteiger partial charge in [-0.15, -0.1) is 0 Å². The summed E-state index contributed by atoms with van der Waals surface area (Å²) < 4.78 is 40.0. The second-order valence-corrected chi connectivity index (χ2v) is 4.19.